The first-order chi connectivity index (χ1) is 9.92. The number of hydrazine groups is 1. The predicted molar refractivity (Wildman–Crippen MR) is 81.0 cm³/mol. The van der Waals surface area contributed by atoms with Gasteiger partial charge in [-0.2, -0.15) is 15.0 Å². The fraction of sp³-hybridized carbons (Fsp3) is 0.500. The van der Waals surface area contributed by atoms with Gasteiger partial charge in [-0.05, 0) is 27.9 Å². The van der Waals surface area contributed by atoms with Gasteiger partial charge in [0, 0.05) is 24.5 Å². The van der Waals surface area contributed by atoms with E-state index in [9.17, 15) is 0 Å². The van der Waals surface area contributed by atoms with Crippen molar-refractivity contribution < 1.29 is 0 Å². The molecule has 0 fully saturated rings. The van der Waals surface area contributed by atoms with Gasteiger partial charge >= 0.3 is 0 Å². The van der Waals surface area contributed by atoms with Gasteiger partial charge in [-0.15, -0.1) is 0 Å². The van der Waals surface area contributed by atoms with E-state index in [-0.39, 0.29) is 5.54 Å². The monoisotopic (exact) mass is 291 g/mol. The second-order valence-electron chi connectivity index (χ2n) is 5.46. The SMILES string of the molecule is CN(C)C(C)(C)CNc1nc(NN)nc(-n2ccnc2)n1. The average molecular weight is 291 g/mol. The molecule has 21 heavy (non-hydrogen) atoms. The van der Waals surface area contributed by atoms with Gasteiger partial charge in [0.25, 0.3) is 0 Å². The van der Waals surface area contributed by atoms with Gasteiger partial charge in [0.05, 0.1) is 0 Å². The lowest BCUT2D eigenvalue weighted by Crippen LogP contribution is -2.44. The van der Waals surface area contributed by atoms with Crippen molar-refractivity contribution in [3.8, 4) is 5.95 Å². The lowest BCUT2D eigenvalue weighted by Gasteiger charge is -2.32. The third-order valence-corrected chi connectivity index (χ3v) is 3.38. The molecule has 9 heteroatoms. The average Bonchev–Trinajstić information content (AvgIpc) is 2.99. The standard InChI is InChI=1S/C12H21N9/c1-12(2,20(3)4)7-15-9-16-10(19-13)18-11(17-9)21-6-5-14-8-21/h5-6,8H,7,13H2,1-4H3,(H2,15,16,17,18,19). The maximum Gasteiger partial charge on any atom is 0.243 e. The number of aromatic nitrogens is 5. The largest absolute Gasteiger partial charge is 0.352 e. The Morgan fingerprint density at radius 3 is 2.52 bits per heavy atom. The predicted octanol–water partition coefficient (Wildman–Crippen LogP) is 0.0950. The van der Waals surface area contributed by atoms with Crippen molar-refractivity contribution in [2.45, 2.75) is 19.4 Å². The first kappa shape index (κ1) is 15.1. The van der Waals surface area contributed by atoms with E-state index >= 15 is 0 Å². The van der Waals surface area contributed by atoms with E-state index in [2.05, 4.69) is 49.4 Å². The van der Waals surface area contributed by atoms with Crippen molar-refractivity contribution in [2.24, 2.45) is 5.84 Å². The minimum absolute atomic E-state index is 0.0435. The number of hydrogen-bond acceptors (Lipinski definition) is 8. The van der Waals surface area contributed by atoms with Crippen LogP contribution in [0.3, 0.4) is 0 Å². The second kappa shape index (κ2) is 6.02. The van der Waals surface area contributed by atoms with Crippen LogP contribution in [0.15, 0.2) is 18.7 Å². The molecule has 0 atom stereocenters. The lowest BCUT2D eigenvalue weighted by molar-refractivity contribution is 0.209. The number of nitrogens with one attached hydrogen (secondary N) is 2. The number of hydrogen-bond donors (Lipinski definition) is 3. The van der Waals surface area contributed by atoms with Gasteiger partial charge in [0.1, 0.15) is 6.33 Å². The van der Waals surface area contributed by atoms with Crippen LogP contribution in [0.2, 0.25) is 0 Å². The maximum absolute atomic E-state index is 5.41. The van der Waals surface area contributed by atoms with Crippen molar-refractivity contribution in [3.05, 3.63) is 18.7 Å². The summed E-state index contributed by atoms with van der Waals surface area (Å²) < 4.78 is 1.69. The third-order valence-electron chi connectivity index (χ3n) is 3.38. The van der Waals surface area contributed by atoms with Crippen LogP contribution < -0.4 is 16.6 Å². The quantitative estimate of drug-likeness (QED) is 0.507. The molecule has 0 aliphatic rings. The molecule has 0 saturated heterocycles. The van der Waals surface area contributed by atoms with E-state index in [4.69, 9.17) is 5.84 Å². The Bertz CT molecular complexity index is 576. The molecular formula is C12H21N9. The number of nitrogens with zero attached hydrogens (tertiary/aromatic N) is 6. The summed E-state index contributed by atoms with van der Waals surface area (Å²) in [6, 6.07) is 0. The number of likely N-dealkylation sites (N-methyl/N-ethyl adjacent to an activating group) is 1. The van der Waals surface area contributed by atoms with Gasteiger partial charge in [-0.3, -0.25) is 9.99 Å². The Kier molecular flexibility index (Phi) is 4.34. The summed E-state index contributed by atoms with van der Waals surface area (Å²) in [5.41, 5.74) is 2.40. The van der Waals surface area contributed by atoms with Crippen LogP contribution in [0.4, 0.5) is 11.9 Å². The minimum atomic E-state index is -0.0435. The Balaban J connectivity index is 2.22. The van der Waals surface area contributed by atoms with E-state index in [1.807, 2.05) is 14.1 Å². The summed E-state index contributed by atoms with van der Waals surface area (Å²) in [5.74, 6) is 6.60. The first-order valence-electron chi connectivity index (χ1n) is 6.55. The van der Waals surface area contributed by atoms with Gasteiger partial charge in [0.15, 0.2) is 0 Å². The summed E-state index contributed by atoms with van der Waals surface area (Å²) in [7, 11) is 4.05. The molecule has 0 aliphatic carbocycles. The van der Waals surface area contributed by atoms with Crippen LogP contribution in [-0.4, -0.2) is 55.6 Å². The Morgan fingerprint density at radius 2 is 1.95 bits per heavy atom. The molecular weight excluding hydrogens is 270 g/mol. The highest BCUT2D eigenvalue weighted by molar-refractivity contribution is 5.37. The zero-order valence-electron chi connectivity index (χ0n) is 12.7. The molecule has 0 saturated carbocycles. The van der Waals surface area contributed by atoms with Crippen molar-refractivity contribution in [1.82, 2.24) is 29.4 Å². The summed E-state index contributed by atoms with van der Waals surface area (Å²) in [6.45, 7) is 4.93. The van der Waals surface area contributed by atoms with Crippen molar-refractivity contribution >= 4 is 11.9 Å². The van der Waals surface area contributed by atoms with Crippen LogP contribution in [0, 0.1) is 0 Å². The van der Waals surface area contributed by atoms with Crippen LogP contribution in [-0.2, 0) is 0 Å². The highest BCUT2D eigenvalue weighted by Crippen LogP contribution is 2.13. The van der Waals surface area contributed by atoms with Crippen LogP contribution in [0.25, 0.3) is 5.95 Å². The molecule has 0 spiro atoms. The van der Waals surface area contributed by atoms with Gasteiger partial charge < -0.3 is 10.2 Å². The Labute approximate surface area is 123 Å². The van der Waals surface area contributed by atoms with Crippen LogP contribution >= 0.6 is 0 Å². The topological polar surface area (TPSA) is 110 Å². The van der Waals surface area contributed by atoms with Crippen molar-refractivity contribution in [3.63, 3.8) is 0 Å². The smallest absolute Gasteiger partial charge is 0.243 e. The third kappa shape index (κ3) is 3.64. The van der Waals surface area contributed by atoms with Gasteiger partial charge in [-0.25, -0.2) is 10.8 Å². The minimum Gasteiger partial charge on any atom is -0.352 e. The molecule has 114 valence electrons. The molecule has 9 nitrogen and oxygen atoms in total. The summed E-state index contributed by atoms with van der Waals surface area (Å²) in [4.78, 5) is 18.9. The summed E-state index contributed by atoms with van der Waals surface area (Å²) >= 11 is 0. The zero-order valence-corrected chi connectivity index (χ0v) is 12.7. The number of rotatable bonds is 6. The number of nitrogens with two attached hydrogens (primary N) is 1. The number of nitrogen functional groups attached to an aromatic ring is 1. The van der Waals surface area contributed by atoms with E-state index in [1.165, 1.54) is 0 Å². The molecule has 2 aromatic rings. The Morgan fingerprint density at radius 1 is 1.24 bits per heavy atom. The zero-order chi connectivity index (χ0) is 15.5. The molecule has 4 N–H and O–H groups in total. The molecule has 0 bridgehead atoms. The van der Waals surface area contributed by atoms with Crippen molar-refractivity contribution in [2.75, 3.05) is 31.4 Å². The highest BCUT2D eigenvalue weighted by atomic mass is 15.4. The molecule has 0 amide bonds. The second-order valence-corrected chi connectivity index (χ2v) is 5.46. The number of imidazole rings is 1. The Hall–Kier alpha value is -2.26. The molecule has 2 rings (SSSR count). The molecule has 0 aromatic carbocycles. The maximum atomic E-state index is 5.41. The lowest BCUT2D eigenvalue weighted by atomic mass is 10.1. The van der Waals surface area contributed by atoms with Gasteiger partial charge in [-0.1, -0.05) is 0 Å². The molecule has 2 aromatic heterocycles. The molecule has 2 heterocycles. The normalized spacial score (nSPS) is 11.7. The molecule has 0 radical (unpaired) electrons. The highest BCUT2D eigenvalue weighted by Gasteiger charge is 2.20. The van der Waals surface area contributed by atoms with E-state index in [0.717, 1.165) is 0 Å². The van der Waals surface area contributed by atoms with E-state index in [1.54, 1.807) is 23.3 Å². The van der Waals surface area contributed by atoms with Crippen molar-refractivity contribution in [1.29, 1.82) is 0 Å². The molecule has 0 aliphatic heterocycles. The van der Waals surface area contributed by atoms with E-state index in [0.29, 0.717) is 24.4 Å². The number of anilines is 2. The fourth-order valence-corrected chi connectivity index (χ4v) is 1.45. The fourth-order valence-electron chi connectivity index (χ4n) is 1.45. The summed E-state index contributed by atoms with van der Waals surface area (Å²) in [6.07, 6.45) is 5.02. The molecule has 0 unspecified atom stereocenters. The first-order valence-corrected chi connectivity index (χ1v) is 6.55. The van der Waals surface area contributed by atoms with Gasteiger partial charge in [0.2, 0.25) is 17.8 Å². The van der Waals surface area contributed by atoms with Crippen LogP contribution in [0.5, 0.6) is 0 Å². The summed E-state index contributed by atoms with van der Waals surface area (Å²) in [5, 5.41) is 3.21. The van der Waals surface area contributed by atoms with E-state index < -0.39 is 0 Å². The van der Waals surface area contributed by atoms with Crippen LogP contribution in [0.1, 0.15) is 13.8 Å².